The third kappa shape index (κ3) is 11.4. The second kappa shape index (κ2) is 20.0. The van der Waals surface area contributed by atoms with Gasteiger partial charge in [-0.15, -0.1) is 0 Å². The van der Waals surface area contributed by atoms with Crippen LogP contribution in [0.5, 0.6) is 11.5 Å². The van der Waals surface area contributed by atoms with Gasteiger partial charge in [0.1, 0.15) is 5.75 Å². The maximum Gasteiger partial charge on any atom is 0.311 e. The zero-order valence-electron chi connectivity index (χ0n) is 27.5. The lowest BCUT2D eigenvalue weighted by atomic mass is 10.0. The van der Waals surface area contributed by atoms with Crippen molar-refractivity contribution < 1.29 is 28.3 Å². The van der Waals surface area contributed by atoms with Crippen LogP contribution in [0.25, 0.3) is 21.7 Å². The Hall–Kier alpha value is -3.15. The average molecular weight is 607 g/mol. The first-order chi connectivity index (χ1) is 21.5. The van der Waals surface area contributed by atoms with Crippen molar-refractivity contribution in [1.82, 2.24) is 0 Å². The minimum atomic E-state index is -0.338. The number of fused-ring (bicyclic) bond motifs is 2. The normalized spacial score (nSPS) is 11.3. The van der Waals surface area contributed by atoms with Crippen molar-refractivity contribution in [3.05, 3.63) is 36.1 Å². The standard InChI is InChI=1S/C38H54O6/c1-4-6-8-10-12-14-16-18-20-26-34(40)43-36-30-24-22-23-25-31(30)37(38-32(36)28-33(42-38)29(3)39)44-35(41)27-21-19-17-15-13-11-9-7-5-2/h22-25,28H,4-21,26-27H2,1-3H3. The highest BCUT2D eigenvalue weighted by Crippen LogP contribution is 2.44. The molecule has 3 rings (SSSR count). The summed E-state index contributed by atoms with van der Waals surface area (Å²) in [5.41, 5.74) is 0.250. The van der Waals surface area contributed by atoms with E-state index in [1.54, 1.807) is 6.07 Å². The monoisotopic (exact) mass is 606 g/mol. The Morgan fingerprint density at radius 1 is 0.568 bits per heavy atom. The summed E-state index contributed by atoms with van der Waals surface area (Å²) in [7, 11) is 0. The summed E-state index contributed by atoms with van der Waals surface area (Å²) in [4.78, 5) is 38.2. The summed E-state index contributed by atoms with van der Waals surface area (Å²) in [5.74, 6) is -0.184. The minimum Gasteiger partial charge on any atom is -0.449 e. The molecule has 242 valence electrons. The Morgan fingerprint density at radius 3 is 1.43 bits per heavy atom. The van der Waals surface area contributed by atoms with Crippen molar-refractivity contribution in [1.29, 1.82) is 0 Å². The van der Waals surface area contributed by atoms with E-state index in [2.05, 4.69) is 13.8 Å². The molecule has 0 radical (unpaired) electrons. The van der Waals surface area contributed by atoms with Gasteiger partial charge in [-0.1, -0.05) is 141 Å². The summed E-state index contributed by atoms with van der Waals surface area (Å²) >= 11 is 0. The number of hydrogen-bond acceptors (Lipinski definition) is 6. The molecule has 0 N–H and O–H groups in total. The van der Waals surface area contributed by atoms with Gasteiger partial charge in [0.15, 0.2) is 22.9 Å². The number of ether oxygens (including phenoxy) is 2. The van der Waals surface area contributed by atoms with Gasteiger partial charge in [0, 0.05) is 30.5 Å². The number of ketones is 1. The van der Waals surface area contributed by atoms with Gasteiger partial charge < -0.3 is 13.9 Å². The van der Waals surface area contributed by atoms with E-state index in [-0.39, 0.29) is 34.8 Å². The van der Waals surface area contributed by atoms with E-state index in [0.29, 0.717) is 34.7 Å². The Balaban J connectivity index is 1.65. The van der Waals surface area contributed by atoms with E-state index >= 15 is 0 Å². The van der Waals surface area contributed by atoms with Crippen LogP contribution in [0.2, 0.25) is 0 Å². The molecule has 6 heteroatoms. The first-order valence-electron chi connectivity index (χ1n) is 17.4. The van der Waals surface area contributed by atoms with Crippen LogP contribution in [-0.2, 0) is 9.59 Å². The molecule has 2 aromatic carbocycles. The number of Topliss-reactive ketones (excluding diaryl/α,β-unsaturated/α-hetero) is 1. The first-order valence-corrected chi connectivity index (χ1v) is 17.4. The number of unbranched alkanes of at least 4 members (excludes halogenated alkanes) is 16. The van der Waals surface area contributed by atoms with Crippen molar-refractivity contribution in [2.24, 2.45) is 0 Å². The van der Waals surface area contributed by atoms with Crippen molar-refractivity contribution >= 4 is 39.5 Å². The van der Waals surface area contributed by atoms with Crippen LogP contribution in [0.1, 0.15) is 160 Å². The van der Waals surface area contributed by atoms with Crippen LogP contribution in [0.3, 0.4) is 0 Å². The molecule has 0 saturated heterocycles. The quantitative estimate of drug-likeness (QED) is 0.0462. The van der Waals surface area contributed by atoms with Gasteiger partial charge in [-0.3, -0.25) is 14.4 Å². The van der Waals surface area contributed by atoms with Gasteiger partial charge >= 0.3 is 11.9 Å². The van der Waals surface area contributed by atoms with Crippen LogP contribution in [-0.4, -0.2) is 17.7 Å². The van der Waals surface area contributed by atoms with Crippen LogP contribution >= 0.6 is 0 Å². The largest absolute Gasteiger partial charge is 0.449 e. The number of esters is 2. The Bertz CT molecular complexity index is 1230. The molecular weight excluding hydrogens is 552 g/mol. The van der Waals surface area contributed by atoms with E-state index in [1.165, 1.54) is 84.0 Å². The number of carbonyl (C=O) groups is 3. The van der Waals surface area contributed by atoms with Crippen LogP contribution < -0.4 is 9.47 Å². The lowest BCUT2D eigenvalue weighted by Crippen LogP contribution is -2.10. The molecule has 0 aliphatic heterocycles. The third-order valence-corrected chi connectivity index (χ3v) is 8.35. The van der Waals surface area contributed by atoms with E-state index in [0.717, 1.165) is 38.5 Å². The van der Waals surface area contributed by atoms with Crippen molar-refractivity contribution in [2.75, 3.05) is 0 Å². The summed E-state index contributed by atoms with van der Waals surface area (Å²) in [6.07, 6.45) is 21.6. The summed E-state index contributed by atoms with van der Waals surface area (Å²) in [5, 5.41) is 1.71. The Labute approximate surface area is 264 Å². The van der Waals surface area contributed by atoms with Crippen LogP contribution in [0.15, 0.2) is 34.7 Å². The van der Waals surface area contributed by atoms with Crippen molar-refractivity contribution in [3.8, 4) is 11.5 Å². The number of rotatable bonds is 23. The molecule has 0 aliphatic carbocycles. The van der Waals surface area contributed by atoms with Gasteiger partial charge in [-0.05, 0) is 18.9 Å². The van der Waals surface area contributed by atoms with E-state index in [9.17, 15) is 14.4 Å². The number of hydrogen-bond donors (Lipinski definition) is 0. The highest BCUT2D eigenvalue weighted by atomic mass is 16.5. The predicted molar refractivity (Wildman–Crippen MR) is 179 cm³/mol. The summed E-state index contributed by atoms with van der Waals surface area (Å²) in [6.45, 7) is 5.87. The van der Waals surface area contributed by atoms with Gasteiger partial charge in [-0.25, -0.2) is 0 Å². The van der Waals surface area contributed by atoms with E-state index in [1.807, 2.05) is 24.3 Å². The fourth-order valence-electron chi connectivity index (χ4n) is 5.75. The molecular formula is C38H54O6. The second-order valence-electron chi connectivity index (χ2n) is 12.2. The van der Waals surface area contributed by atoms with Crippen LogP contribution in [0, 0.1) is 0 Å². The number of benzene rings is 2. The third-order valence-electron chi connectivity index (χ3n) is 8.35. The van der Waals surface area contributed by atoms with Crippen LogP contribution in [0.4, 0.5) is 0 Å². The topological polar surface area (TPSA) is 82.8 Å². The maximum absolute atomic E-state index is 13.0. The smallest absolute Gasteiger partial charge is 0.311 e. The molecule has 0 amide bonds. The van der Waals surface area contributed by atoms with E-state index < -0.39 is 0 Å². The fourth-order valence-corrected chi connectivity index (χ4v) is 5.75. The average Bonchev–Trinajstić information content (AvgIpc) is 3.47. The van der Waals surface area contributed by atoms with Crippen molar-refractivity contribution in [2.45, 2.75) is 149 Å². The number of carbonyl (C=O) groups excluding carboxylic acids is 3. The summed E-state index contributed by atoms with van der Waals surface area (Å²) in [6, 6.07) is 8.95. The maximum atomic E-state index is 13.0. The van der Waals surface area contributed by atoms with Gasteiger partial charge in [0.25, 0.3) is 0 Å². The zero-order valence-corrected chi connectivity index (χ0v) is 27.5. The fraction of sp³-hybridized carbons (Fsp3) is 0.605. The van der Waals surface area contributed by atoms with Crippen molar-refractivity contribution in [3.63, 3.8) is 0 Å². The molecule has 44 heavy (non-hydrogen) atoms. The molecule has 0 fully saturated rings. The van der Waals surface area contributed by atoms with Gasteiger partial charge in [-0.2, -0.15) is 0 Å². The minimum absolute atomic E-state index is 0.128. The molecule has 0 aliphatic rings. The van der Waals surface area contributed by atoms with Gasteiger partial charge in [0.05, 0.1) is 5.39 Å². The predicted octanol–water partition coefficient (Wildman–Crippen LogP) is 11.4. The van der Waals surface area contributed by atoms with Gasteiger partial charge in [0.2, 0.25) is 0 Å². The SMILES string of the molecule is CCCCCCCCCCCC(=O)Oc1c2ccccc2c(OC(=O)CCCCCCCCCCC)c2oc(C(C)=O)cc12. The molecule has 6 nitrogen and oxygen atoms in total. The van der Waals surface area contributed by atoms with E-state index in [4.69, 9.17) is 13.9 Å². The second-order valence-corrected chi connectivity index (χ2v) is 12.2. The molecule has 0 atom stereocenters. The zero-order chi connectivity index (χ0) is 31.6. The lowest BCUT2D eigenvalue weighted by Gasteiger charge is -2.13. The molecule has 1 aromatic heterocycles. The first kappa shape index (κ1) is 35.3. The molecule has 0 saturated carbocycles. The number of furan rings is 1. The molecule has 1 heterocycles. The lowest BCUT2D eigenvalue weighted by molar-refractivity contribution is -0.135. The Kier molecular flexibility index (Phi) is 16.1. The molecule has 0 spiro atoms. The summed E-state index contributed by atoms with van der Waals surface area (Å²) < 4.78 is 17.8. The molecule has 0 bridgehead atoms. The highest BCUT2D eigenvalue weighted by molar-refractivity contribution is 6.12. The Morgan fingerprint density at radius 2 is 0.977 bits per heavy atom. The molecule has 3 aromatic rings. The molecule has 0 unspecified atom stereocenters. The highest BCUT2D eigenvalue weighted by Gasteiger charge is 2.24.